The van der Waals surface area contributed by atoms with E-state index in [0.717, 1.165) is 11.6 Å². The summed E-state index contributed by atoms with van der Waals surface area (Å²) < 4.78 is 35.1. The molecule has 76 valence electrons. The number of rotatable bonds is 3. The third kappa shape index (κ3) is 4.70. The van der Waals surface area contributed by atoms with Crippen molar-refractivity contribution in [2.75, 3.05) is 0 Å². The van der Waals surface area contributed by atoms with Crippen LogP contribution in [0.25, 0.3) is 0 Å². The number of allylic oxidation sites excluding steroid dienone is 2. The molecule has 0 aliphatic rings. The lowest BCUT2D eigenvalue weighted by Crippen LogP contribution is -2.00. The highest BCUT2D eigenvalue weighted by Gasteiger charge is 2.21. The summed E-state index contributed by atoms with van der Waals surface area (Å²) in [6, 6.07) is 9.45. The lowest BCUT2D eigenvalue weighted by Gasteiger charge is -1.98. The van der Waals surface area contributed by atoms with Gasteiger partial charge in [0, 0.05) is 6.08 Å². The highest BCUT2D eigenvalue weighted by atomic mass is 19.4. The van der Waals surface area contributed by atoms with E-state index in [1.165, 1.54) is 0 Å². The Bertz CT molecular complexity index is 285. The van der Waals surface area contributed by atoms with Crippen LogP contribution in [-0.4, -0.2) is 6.18 Å². The van der Waals surface area contributed by atoms with Gasteiger partial charge in [0.2, 0.25) is 0 Å². The number of halogens is 3. The van der Waals surface area contributed by atoms with Crippen molar-refractivity contribution in [2.24, 2.45) is 0 Å². The molecule has 0 aromatic heterocycles. The van der Waals surface area contributed by atoms with Gasteiger partial charge in [-0.15, -0.1) is 0 Å². The lowest BCUT2D eigenvalue weighted by molar-refractivity contribution is -0.0800. The molecule has 0 saturated heterocycles. The van der Waals surface area contributed by atoms with Gasteiger partial charge in [-0.1, -0.05) is 36.4 Å². The van der Waals surface area contributed by atoms with E-state index in [2.05, 4.69) is 0 Å². The van der Waals surface area contributed by atoms with Gasteiger partial charge in [0.15, 0.2) is 0 Å². The van der Waals surface area contributed by atoms with Crippen molar-refractivity contribution >= 4 is 0 Å². The molecule has 0 bridgehead atoms. The van der Waals surface area contributed by atoms with Crippen molar-refractivity contribution < 1.29 is 13.2 Å². The molecule has 0 atom stereocenters. The molecule has 1 aromatic rings. The SMILES string of the molecule is FC(F)(F)/C=C/CCc1ccccc1. The largest absolute Gasteiger partial charge is 0.409 e. The van der Waals surface area contributed by atoms with Gasteiger partial charge < -0.3 is 0 Å². The molecule has 3 heteroatoms. The zero-order valence-corrected chi connectivity index (χ0v) is 7.59. The zero-order valence-electron chi connectivity index (χ0n) is 7.59. The van der Waals surface area contributed by atoms with Crippen molar-refractivity contribution in [3.05, 3.63) is 48.0 Å². The normalized spacial score (nSPS) is 12.2. The first-order valence-electron chi connectivity index (χ1n) is 4.36. The standard InChI is InChI=1S/C11H11F3/c12-11(13,14)9-5-4-8-10-6-2-1-3-7-10/h1-3,5-7,9H,4,8H2/b9-5+. The van der Waals surface area contributed by atoms with Crippen LogP contribution in [0.15, 0.2) is 42.5 Å². The van der Waals surface area contributed by atoms with Crippen LogP contribution in [-0.2, 0) is 6.42 Å². The molecule has 0 aliphatic carbocycles. The van der Waals surface area contributed by atoms with Crippen molar-refractivity contribution in [1.82, 2.24) is 0 Å². The zero-order chi connectivity index (χ0) is 10.4. The van der Waals surface area contributed by atoms with Gasteiger partial charge in [0.1, 0.15) is 0 Å². The molecule has 0 N–H and O–H groups in total. The predicted octanol–water partition coefficient (Wildman–Crippen LogP) is 3.74. The van der Waals surface area contributed by atoms with Gasteiger partial charge in [-0.25, -0.2) is 0 Å². The van der Waals surface area contributed by atoms with Gasteiger partial charge >= 0.3 is 6.18 Å². The van der Waals surface area contributed by atoms with E-state index in [0.29, 0.717) is 12.8 Å². The summed E-state index contributed by atoms with van der Waals surface area (Å²) in [4.78, 5) is 0. The van der Waals surface area contributed by atoms with E-state index in [4.69, 9.17) is 0 Å². The predicted molar refractivity (Wildman–Crippen MR) is 50.0 cm³/mol. The molecule has 0 saturated carbocycles. The summed E-state index contributed by atoms with van der Waals surface area (Å²) >= 11 is 0. The van der Waals surface area contributed by atoms with Gasteiger partial charge in [-0.3, -0.25) is 0 Å². The van der Waals surface area contributed by atoms with Crippen LogP contribution < -0.4 is 0 Å². The average molecular weight is 200 g/mol. The molecule has 0 spiro atoms. The second-order valence-electron chi connectivity index (χ2n) is 2.97. The maximum Gasteiger partial charge on any atom is 0.409 e. The van der Waals surface area contributed by atoms with Crippen LogP contribution in [0.2, 0.25) is 0 Å². The minimum absolute atomic E-state index is 0.288. The first-order chi connectivity index (χ1) is 6.58. The fourth-order valence-corrected chi connectivity index (χ4v) is 1.11. The minimum Gasteiger partial charge on any atom is -0.167 e. The second-order valence-corrected chi connectivity index (χ2v) is 2.97. The first kappa shape index (κ1) is 10.8. The Labute approximate surface area is 81.1 Å². The third-order valence-electron chi connectivity index (χ3n) is 1.75. The summed E-state index contributed by atoms with van der Waals surface area (Å²) in [5, 5.41) is 0. The third-order valence-corrected chi connectivity index (χ3v) is 1.75. The Morgan fingerprint density at radius 2 is 1.71 bits per heavy atom. The Morgan fingerprint density at radius 3 is 2.29 bits per heavy atom. The van der Waals surface area contributed by atoms with Crippen molar-refractivity contribution in [3.63, 3.8) is 0 Å². The highest BCUT2D eigenvalue weighted by Crippen LogP contribution is 2.16. The number of aryl methyl sites for hydroxylation is 1. The van der Waals surface area contributed by atoms with Gasteiger partial charge in [0.25, 0.3) is 0 Å². The van der Waals surface area contributed by atoms with Crippen LogP contribution in [0.4, 0.5) is 13.2 Å². The summed E-state index contributed by atoms with van der Waals surface area (Å²) in [6.45, 7) is 0. The second kappa shape index (κ2) is 4.84. The van der Waals surface area contributed by atoms with Crippen LogP contribution in [0, 0.1) is 0 Å². The average Bonchev–Trinajstić information content (AvgIpc) is 2.13. The molecule has 0 fully saturated rings. The Kier molecular flexibility index (Phi) is 3.74. The molecule has 0 amide bonds. The van der Waals surface area contributed by atoms with Gasteiger partial charge in [0.05, 0.1) is 0 Å². The molecule has 0 heterocycles. The minimum atomic E-state index is -4.18. The molecule has 0 radical (unpaired) electrons. The monoisotopic (exact) mass is 200 g/mol. The molecule has 1 aromatic carbocycles. The quantitative estimate of drug-likeness (QED) is 0.652. The summed E-state index contributed by atoms with van der Waals surface area (Å²) in [7, 11) is 0. The smallest absolute Gasteiger partial charge is 0.167 e. The molecular weight excluding hydrogens is 189 g/mol. The number of hydrogen-bond acceptors (Lipinski definition) is 0. The van der Waals surface area contributed by atoms with Gasteiger partial charge in [-0.05, 0) is 18.4 Å². The fourth-order valence-electron chi connectivity index (χ4n) is 1.11. The van der Waals surface area contributed by atoms with E-state index in [1.807, 2.05) is 30.3 Å². The van der Waals surface area contributed by atoms with E-state index < -0.39 is 6.18 Å². The number of benzene rings is 1. The Morgan fingerprint density at radius 1 is 1.07 bits per heavy atom. The van der Waals surface area contributed by atoms with Crippen molar-refractivity contribution in [3.8, 4) is 0 Å². The van der Waals surface area contributed by atoms with Crippen LogP contribution in [0.5, 0.6) is 0 Å². The summed E-state index contributed by atoms with van der Waals surface area (Å²) in [5.74, 6) is 0. The molecule has 0 unspecified atom stereocenters. The van der Waals surface area contributed by atoms with Crippen molar-refractivity contribution in [2.45, 2.75) is 19.0 Å². The summed E-state index contributed by atoms with van der Waals surface area (Å²) in [6.07, 6.45) is -1.67. The van der Waals surface area contributed by atoms with E-state index in [1.54, 1.807) is 0 Å². The molecule has 14 heavy (non-hydrogen) atoms. The Balaban J connectivity index is 2.33. The number of hydrogen-bond donors (Lipinski definition) is 0. The summed E-state index contributed by atoms with van der Waals surface area (Å²) in [5.41, 5.74) is 1.05. The molecular formula is C11H11F3. The topological polar surface area (TPSA) is 0 Å². The Hall–Kier alpha value is -1.25. The maximum absolute atomic E-state index is 11.7. The number of alkyl halides is 3. The van der Waals surface area contributed by atoms with E-state index in [-0.39, 0.29) is 6.08 Å². The van der Waals surface area contributed by atoms with Crippen LogP contribution in [0.1, 0.15) is 12.0 Å². The molecule has 0 nitrogen and oxygen atoms in total. The van der Waals surface area contributed by atoms with E-state index >= 15 is 0 Å². The van der Waals surface area contributed by atoms with Crippen molar-refractivity contribution in [1.29, 1.82) is 0 Å². The highest BCUT2D eigenvalue weighted by molar-refractivity contribution is 5.15. The first-order valence-corrected chi connectivity index (χ1v) is 4.36. The van der Waals surface area contributed by atoms with Gasteiger partial charge in [-0.2, -0.15) is 13.2 Å². The molecule has 1 rings (SSSR count). The molecule has 0 aliphatic heterocycles. The maximum atomic E-state index is 11.7. The van der Waals surface area contributed by atoms with E-state index in [9.17, 15) is 13.2 Å². The van der Waals surface area contributed by atoms with Crippen LogP contribution >= 0.6 is 0 Å². The fraction of sp³-hybridized carbons (Fsp3) is 0.273. The lowest BCUT2D eigenvalue weighted by atomic mass is 10.1. The van der Waals surface area contributed by atoms with Crippen LogP contribution in [0.3, 0.4) is 0 Å².